The van der Waals surface area contributed by atoms with E-state index in [0.29, 0.717) is 0 Å². The van der Waals surface area contributed by atoms with Crippen LogP contribution in [0.15, 0.2) is 61.7 Å². The molecule has 23 heavy (non-hydrogen) atoms. The van der Waals surface area contributed by atoms with E-state index in [0.717, 1.165) is 19.6 Å². The normalized spacial score (nSPS) is 10.7. The lowest BCUT2D eigenvalue weighted by molar-refractivity contribution is 0.252. The predicted octanol–water partition coefficient (Wildman–Crippen LogP) is 5.77. The van der Waals surface area contributed by atoms with Crippen LogP contribution in [0.3, 0.4) is 0 Å². The van der Waals surface area contributed by atoms with Crippen LogP contribution in [0, 0.1) is 0 Å². The molecule has 1 nitrogen and oxygen atoms in total. The molecule has 0 atom stereocenters. The van der Waals surface area contributed by atoms with E-state index in [-0.39, 0.29) is 0 Å². The molecule has 0 aliphatic carbocycles. The third-order valence-corrected chi connectivity index (χ3v) is 4.04. The van der Waals surface area contributed by atoms with Gasteiger partial charge in [0, 0.05) is 13.1 Å². The summed E-state index contributed by atoms with van der Waals surface area (Å²) in [6, 6.07) is 17.3. The molecule has 0 saturated carbocycles. The zero-order valence-corrected chi connectivity index (χ0v) is 14.2. The van der Waals surface area contributed by atoms with Crippen molar-refractivity contribution < 1.29 is 0 Å². The number of rotatable bonds is 9. The Balaban J connectivity index is 2.08. The average Bonchev–Trinajstić information content (AvgIpc) is 2.60. The predicted molar refractivity (Wildman–Crippen MR) is 102 cm³/mol. The van der Waals surface area contributed by atoms with Gasteiger partial charge in [0.25, 0.3) is 0 Å². The van der Waals surface area contributed by atoms with E-state index in [4.69, 9.17) is 0 Å². The van der Waals surface area contributed by atoms with E-state index in [1.54, 1.807) is 0 Å². The van der Waals surface area contributed by atoms with Crippen molar-refractivity contribution in [3.8, 4) is 0 Å². The molecule has 0 aliphatic rings. The van der Waals surface area contributed by atoms with Crippen molar-refractivity contribution in [3.63, 3.8) is 0 Å². The van der Waals surface area contributed by atoms with Crippen LogP contribution in [-0.2, 0) is 13.1 Å². The van der Waals surface area contributed by atoms with E-state index in [2.05, 4.69) is 73.5 Å². The van der Waals surface area contributed by atoms with Gasteiger partial charge >= 0.3 is 0 Å². The van der Waals surface area contributed by atoms with Crippen LogP contribution in [0.2, 0.25) is 0 Å². The van der Waals surface area contributed by atoms with Crippen molar-refractivity contribution in [2.24, 2.45) is 0 Å². The van der Waals surface area contributed by atoms with Gasteiger partial charge in [-0.05, 0) is 35.2 Å². The Bertz CT molecular complexity index is 625. The van der Waals surface area contributed by atoms with Crippen molar-refractivity contribution >= 4 is 12.2 Å². The van der Waals surface area contributed by atoms with Crippen LogP contribution in [0.1, 0.15) is 42.0 Å². The first kappa shape index (κ1) is 17.2. The topological polar surface area (TPSA) is 3.24 Å². The minimum atomic E-state index is 0.977. The maximum atomic E-state index is 3.86. The number of benzene rings is 2. The summed E-state index contributed by atoms with van der Waals surface area (Å²) in [6.07, 6.45) is 6.25. The molecule has 0 unspecified atom stereocenters. The Kier molecular flexibility index (Phi) is 6.83. The second-order valence-corrected chi connectivity index (χ2v) is 5.96. The zero-order valence-electron chi connectivity index (χ0n) is 14.2. The van der Waals surface area contributed by atoms with Gasteiger partial charge < -0.3 is 0 Å². The summed E-state index contributed by atoms with van der Waals surface area (Å²) in [5.41, 5.74) is 5.06. The van der Waals surface area contributed by atoms with Crippen molar-refractivity contribution in [2.45, 2.75) is 32.9 Å². The Morgan fingerprint density at radius 1 is 0.870 bits per heavy atom. The molecule has 0 fully saturated rings. The molecule has 0 amide bonds. The standard InChI is InChI=1S/C22H27N/c1-4-7-15-23(17-21-13-11-19(5-2)12-14-21)18-22-10-8-9-20(6-3)16-22/h5-6,8-14,16H,2-4,7,15,17-18H2,1H3. The van der Waals surface area contributed by atoms with Gasteiger partial charge in [-0.3, -0.25) is 4.90 Å². The van der Waals surface area contributed by atoms with E-state index in [9.17, 15) is 0 Å². The molecule has 0 heterocycles. The Morgan fingerprint density at radius 3 is 2.22 bits per heavy atom. The van der Waals surface area contributed by atoms with Gasteiger partial charge in [0.2, 0.25) is 0 Å². The van der Waals surface area contributed by atoms with Gasteiger partial charge in [0.1, 0.15) is 0 Å². The molecule has 0 radical (unpaired) electrons. The van der Waals surface area contributed by atoms with Crippen LogP contribution in [0.4, 0.5) is 0 Å². The second kappa shape index (κ2) is 9.12. The zero-order chi connectivity index (χ0) is 16.5. The summed E-state index contributed by atoms with van der Waals surface area (Å²) in [7, 11) is 0. The number of hydrogen-bond donors (Lipinski definition) is 0. The molecule has 2 aromatic carbocycles. The lowest BCUT2D eigenvalue weighted by atomic mass is 10.1. The summed E-state index contributed by atoms with van der Waals surface area (Å²) in [5, 5.41) is 0. The quantitative estimate of drug-likeness (QED) is 0.568. The second-order valence-electron chi connectivity index (χ2n) is 5.96. The fourth-order valence-electron chi connectivity index (χ4n) is 2.69. The average molecular weight is 305 g/mol. The Morgan fingerprint density at radius 2 is 1.57 bits per heavy atom. The molecule has 2 rings (SSSR count). The van der Waals surface area contributed by atoms with E-state index < -0.39 is 0 Å². The van der Waals surface area contributed by atoms with Gasteiger partial charge in [0.05, 0.1) is 0 Å². The molecule has 1 heteroatoms. The highest BCUT2D eigenvalue weighted by molar-refractivity contribution is 5.48. The summed E-state index contributed by atoms with van der Waals surface area (Å²) >= 11 is 0. The minimum absolute atomic E-state index is 0.977. The van der Waals surface area contributed by atoms with Gasteiger partial charge in [0.15, 0.2) is 0 Å². The molecule has 120 valence electrons. The van der Waals surface area contributed by atoms with Crippen LogP contribution < -0.4 is 0 Å². The highest BCUT2D eigenvalue weighted by Crippen LogP contribution is 2.14. The van der Waals surface area contributed by atoms with E-state index >= 15 is 0 Å². The van der Waals surface area contributed by atoms with Crippen LogP contribution in [0.25, 0.3) is 12.2 Å². The number of unbranched alkanes of at least 4 members (excludes halogenated alkanes) is 1. The van der Waals surface area contributed by atoms with Gasteiger partial charge in [-0.1, -0.05) is 87.2 Å². The Hall–Kier alpha value is -2.12. The fraction of sp³-hybridized carbons (Fsp3) is 0.273. The molecule has 0 saturated heterocycles. The minimum Gasteiger partial charge on any atom is -0.295 e. The molecular formula is C22H27N. The Labute approximate surface area is 141 Å². The molecule has 0 bridgehead atoms. The molecule has 0 N–H and O–H groups in total. The SMILES string of the molecule is C=Cc1ccc(CN(CCCC)Cc2cccc(C=C)c2)cc1. The van der Waals surface area contributed by atoms with Crippen molar-refractivity contribution in [1.29, 1.82) is 0 Å². The molecular weight excluding hydrogens is 278 g/mol. The third kappa shape index (κ3) is 5.54. The molecule has 0 aliphatic heterocycles. The smallest absolute Gasteiger partial charge is 0.0237 e. The first-order chi connectivity index (χ1) is 11.2. The van der Waals surface area contributed by atoms with Crippen LogP contribution >= 0.6 is 0 Å². The van der Waals surface area contributed by atoms with Crippen LogP contribution in [-0.4, -0.2) is 11.4 Å². The molecule has 0 spiro atoms. The third-order valence-electron chi connectivity index (χ3n) is 4.04. The lowest BCUT2D eigenvalue weighted by Gasteiger charge is -2.22. The first-order valence-corrected chi connectivity index (χ1v) is 8.40. The molecule has 2 aromatic rings. The maximum Gasteiger partial charge on any atom is 0.0237 e. The monoisotopic (exact) mass is 305 g/mol. The lowest BCUT2D eigenvalue weighted by Crippen LogP contribution is -2.24. The van der Waals surface area contributed by atoms with Gasteiger partial charge in [-0.2, -0.15) is 0 Å². The number of nitrogens with zero attached hydrogens (tertiary/aromatic N) is 1. The van der Waals surface area contributed by atoms with Crippen LogP contribution in [0.5, 0.6) is 0 Å². The van der Waals surface area contributed by atoms with E-state index in [1.165, 1.54) is 35.1 Å². The van der Waals surface area contributed by atoms with E-state index in [1.807, 2.05) is 12.2 Å². The fourth-order valence-corrected chi connectivity index (χ4v) is 2.69. The first-order valence-electron chi connectivity index (χ1n) is 8.40. The van der Waals surface area contributed by atoms with Gasteiger partial charge in [-0.15, -0.1) is 0 Å². The summed E-state index contributed by atoms with van der Waals surface area (Å²) < 4.78 is 0. The van der Waals surface area contributed by atoms with Gasteiger partial charge in [-0.25, -0.2) is 0 Å². The van der Waals surface area contributed by atoms with Crippen molar-refractivity contribution in [2.75, 3.05) is 6.54 Å². The summed E-state index contributed by atoms with van der Waals surface area (Å²) in [6.45, 7) is 13.0. The highest BCUT2D eigenvalue weighted by atomic mass is 15.1. The maximum absolute atomic E-state index is 3.86. The molecule has 0 aromatic heterocycles. The highest BCUT2D eigenvalue weighted by Gasteiger charge is 2.07. The largest absolute Gasteiger partial charge is 0.295 e. The van der Waals surface area contributed by atoms with Crippen molar-refractivity contribution in [1.82, 2.24) is 4.90 Å². The summed E-state index contributed by atoms with van der Waals surface area (Å²) in [4.78, 5) is 2.52. The number of hydrogen-bond acceptors (Lipinski definition) is 1. The summed E-state index contributed by atoms with van der Waals surface area (Å²) in [5.74, 6) is 0. The van der Waals surface area contributed by atoms with Crippen molar-refractivity contribution in [3.05, 3.63) is 83.9 Å².